The van der Waals surface area contributed by atoms with Gasteiger partial charge in [0.15, 0.2) is 0 Å². The van der Waals surface area contributed by atoms with E-state index in [0.29, 0.717) is 0 Å². The van der Waals surface area contributed by atoms with Crippen LogP contribution in [0.25, 0.3) is 11.0 Å². The summed E-state index contributed by atoms with van der Waals surface area (Å²) in [4.78, 5) is 4.88. The lowest BCUT2D eigenvalue weighted by atomic mass is 10.1. The zero-order valence-electron chi connectivity index (χ0n) is 13.9. The van der Waals surface area contributed by atoms with Gasteiger partial charge in [0, 0.05) is 18.0 Å². The molecule has 1 heterocycles. The lowest BCUT2D eigenvalue weighted by Gasteiger charge is -2.10. The molecule has 0 N–H and O–H groups in total. The van der Waals surface area contributed by atoms with Crippen LogP contribution in [-0.4, -0.2) is 9.55 Å². The highest BCUT2D eigenvalue weighted by molar-refractivity contribution is 6.30. The second-order valence-corrected chi connectivity index (χ2v) is 6.65. The van der Waals surface area contributed by atoms with E-state index < -0.39 is 0 Å². The Bertz CT molecular complexity index is 972. The summed E-state index contributed by atoms with van der Waals surface area (Å²) in [6, 6.07) is 27.0. The van der Waals surface area contributed by atoms with Gasteiger partial charge in [0.05, 0.1) is 11.0 Å². The maximum absolute atomic E-state index is 6.02. The molecule has 0 fully saturated rings. The SMILES string of the molecule is Clc1ccc(Cn2c(CCc3ccccc3)nc3ccccc32)cc1. The number of halogens is 1. The number of aryl methyl sites for hydroxylation is 2. The summed E-state index contributed by atoms with van der Waals surface area (Å²) in [6.07, 6.45) is 1.91. The van der Waals surface area contributed by atoms with Crippen LogP contribution >= 0.6 is 11.6 Å². The average Bonchev–Trinajstić information content (AvgIpc) is 3.00. The molecule has 0 unspecified atom stereocenters. The molecule has 0 amide bonds. The zero-order valence-corrected chi connectivity index (χ0v) is 14.7. The lowest BCUT2D eigenvalue weighted by molar-refractivity contribution is 0.730. The van der Waals surface area contributed by atoms with Crippen molar-refractivity contribution in [3.8, 4) is 0 Å². The fourth-order valence-corrected chi connectivity index (χ4v) is 3.29. The summed E-state index contributed by atoms with van der Waals surface area (Å²) in [6.45, 7) is 0.807. The van der Waals surface area contributed by atoms with E-state index in [1.165, 1.54) is 16.6 Å². The van der Waals surface area contributed by atoms with Gasteiger partial charge in [-0.05, 0) is 41.8 Å². The van der Waals surface area contributed by atoms with Crippen molar-refractivity contribution in [2.45, 2.75) is 19.4 Å². The maximum Gasteiger partial charge on any atom is 0.110 e. The highest BCUT2D eigenvalue weighted by Crippen LogP contribution is 2.20. The standard InChI is InChI=1S/C22H19ClN2/c23-19-13-10-18(11-14-19)16-25-21-9-5-4-8-20(21)24-22(25)15-12-17-6-2-1-3-7-17/h1-11,13-14H,12,15-16H2. The number of imidazole rings is 1. The van der Waals surface area contributed by atoms with Gasteiger partial charge in [-0.1, -0.05) is 66.2 Å². The predicted molar refractivity (Wildman–Crippen MR) is 104 cm³/mol. The Balaban J connectivity index is 1.66. The van der Waals surface area contributed by atoms with Crippen LogP contribution in [0, 0.1) is 0 Å². The first-order chi connectivity index (χ1) is 12.3. The van der Waals surface area contributed by atoms with Crippen LogP contribution in [0.15, 0.2) is 78.9 Å². The highest BCUT2D eigenvalue weighted by Gasteiger charge is 2.11. The van der Waals surface area contributed by atoms with Crippen molar-refractivity contribution in [1.29, 1.82) is 0 Å². The van der Waals surface area contributed by atoms with Crippen LogP contribution in [-0.2, 0) is 19.4 Å². The second kappa shape index (κ2) is 7.12. The van der Waals surface area contributed by atoms with E-state index in [4.69, 9.17) is 16.6 Å². The zero-order chi connectivity index (χ0) is 17.1. The Kier molecular flexibility index (Phi) is 4.53. The number of hydrogen-bond acceptors (Lipinski definition) is 1. The van der Waals surface area contributed by atoms with Crippen molar-refractivity contribution >= 4 is 22.6 Å². The topological polar surface area (TPSA) is 17.8 Å². The van der Waals surface area contributed by atoms with Crippen molar-refractivity contribution in [2.75, 3.05) is 0 Å². The third-order valence-corrected chi connectivity index (χ3v) is 4.72. The van der Waals surface area contributed by atoms with Crippen LogP contribution in [0.4, 0.5) is 0 Å². The van der Waals surface area contributed by atoms with Crippen LogP contribution in [0.5, 0.6) is 0 Å². The molecule has 4 aromatic rings. The largest absolute Gasteiger partial charge is 0.323 e. The normalized spacial score (nSPS) is 11.1. The molecule has 0 saturated heterocycles. The summed E-state index contributed by atoms with van der Waals surface area (Å²) in [7, 11) is 0. The molecule has 4 rings (SSSR count). The molecule has 0 aliphatic heterocycles. The number of para-hydroxylation sites is 2. The van der Waals surface area contributed by atoms with Gasteiger partial charge in [-0.25, -0.2) is 4.98 Å². The summed E-state index contributed by atoms with van der Waals surface area (Å²) < 4.78 is 2.32. The summed E-state index contributed by atoms with van der Waals surface area (Å²) in [5.41, 5.74) is 4.81. The van der Waals surface area contributed by atoms with Crippen LogP contribution in [0.2, 0.25) is 5.02 Å². The van der Waals surface area contributed by atoms with Crippen LogP contribution < -0.4 is 0 Å². The number of hydrogen-bond donors (Lipinski definition) is 0. The molecule has 3 aromatic carbocycles. The molecule has 1 aromatic heterocycles. The molecular weight excluding hydrogens is 328 g/mol. The number of aromatic nitrogens is 2. The molecule has 0 bridgehead atoms. The average molecular weight is 347 g/mol. The fraction of sp³-hybridized carbons (Fsp3) is 0.136. The Morgan fingerprint density at radius 3 is 2.24 bits per heavy atom. The van der Waals surface area contributed by atoms with Gasteiger partial charge in [-0.2, -0.15) is 0 Å². The minimum atomic E-state index is 0.767. The van der Waals surface area contributed by atoms with E-state index in [1.54, 1.807) is 0 Å². The number of benzene rings is 3. The number of nitrogens with zero attached hydrogens (tertiary/aromatic N) is 2. The van der Waals surface area contributed by atoms with E-state index in [2.05, 4.69) is 65.2 Å². The molecule has 2 nitrogen and oxygen atoms in total. The monoisotopic (exact) mass is 346 g/mol. The Morgan fingerprint density at radius 1 is 0.720 bits per heavy atom. The van der Waals surface area contributed by atoms with E-state index in [9.17, 15) is 0 Å². The van der Waals surface area contributed by atoms with Crippen molar-refractivity contribution in [3.63, 3.8) is 0 Å². The van der Waals surface area contributed by atoms with Crippen molar-refractivity contribution < 1.29 is 0 Å². The quantitative estimate of drug-likeness (QED) is 0.465. The van der Waals surface area contributed by atoms with E-state index in [0.717, 1.165) is 35.8 Å². The van der Waals surface area contributed by atoms with Gasteiger partial charge in [0.1, 0.15) is 5.82 Å². The first-order valence-electron chi connectivity index (χ1n) is 8.52. The van der Waals surface area contributed by atoms with Crippen molar-refractivity contribution in [1.82, 2.24) is 9.55 Å². The minimum Gasteiger partial charge on any atom is -0.323 e. The third-order valence-electron chi connectivity index (χ3n) is 4.47. The predicted octanol–water partition coefficient (Wildman–Crippen LogP) is 5.52. The van der Waals surface area contributed by atoms with Gasteiger partial charge in [0.25, 0.3) is 0 Å². The van der Waals surface area contributed by atoms with Crippen molar-refractivity contribution in [3.05, 3.63) is 101 Å². The van der Waals surface area contributed by atoms with Crippen molar-refractivity contribution in [2.24, 2.45) is 0 Å². The minimum absolute atomic E-state index is 0.767. The van der Waals surface area contributed by atoms with Gasteiger partial charge >= 0.3 is 0 Å². The second-order valence-electron chi connectivity index (χ2n) is 6.21. The Morgan fingerprint density at radius 2 is 1.44 bits per heavy atom. The first-order valence-corrected chi connectivity index (χ1v) is 8.90. The number of rotatable bonds is 5. The van der Waals surface area contributed by atoms with E-state index >= 15 is 0 Å². The molecule has 124 valence electrons. The molecule has 0 saturated carbocycles. The highest BCUT2D eigenvalue weighted by atomic mass is 35.5. The Labute approximate surface area is 152 Å². The molecular formula is C22H19ClN2. The first kappa shape index (κ1) is 15.9. The molecule has 0 radical (unpaired) electrons. The Hall–Kier alpha value is -2.58. The smallest absolute Gasteiger partial charge is 0.110 e. The van der Waals surface area contributed by atoms with E-state index in [-0.39, 0.29) is 0 Å². The van der Waals surface area contributed by atoms with Gasteiger partial charge in [0.2, 0.25) is 0 Å². The fourth-order valence-electron chi connectivity index (χ4n) is 3.17. The molecule has 3 heteroatoms. The van der Waals surface area contributed by atoms with E-state index in [1.807, 2.05) is 18.2 Å². The maximum atomic E-state index is 6.02. The number of fused-ring (bicyclic) bond motifs is 1. The third kappa shape index (κ3) is 3.59. The molecule has 0 atom stereocenters. The van der Waals surface area contributed by atoms with Gasteiger partial charge in [-0.3, -0.25) is 0 Å². The van der Waals surface area contributed by atoms with Gasteiger partial charge in [-0.15, -0.1) is 0 Å². The lowest BCUT2D eigenvalue weighted by Crippen LogP contribution is -2.06. The summed E-state index contributed by atoms with van der Waals surface area (Å²) in [5.74, 6) is 1.13. The molecule has 25 heavy (non-hydrogen) atoms. The summed E-state index contributed by atoms with van der Waals surface area (Å²) >= 11 is 6.02. The summed E-state index contributed by atoms with van der Waals surface area (Å²) in [5, 5.41) is 0.767. The molecule has 0 spiro atoms. The molecule has 0 aliphatic carbocycles. The van der Waals surface area contributed by atoms with Crippen LogP contribution in [0.3, 0.4) is 0 Å². The van der Waals surface area contributed by atoms with Gasteiger partial charge < -0.3 is 4.57 Å². The van der Waals surface area contributed by atoms with Crippen LogP contribution in [0.1, 0.15) is 17.0 Å². The molecule has 0 aliphatic rings.